The zero-order valence-corrected chi connectivity index (χ0v) is 15.2. The van der Waals surface area contributed by atoms with E-state index in [4.69, 9.17) is 11.6 Å². The molecule has 0 amide bonds. The Hall–Kier alpha value is -2.96. The molecule has 0 aliphatic rings. The van der Waals surface area contributed by atoms with Crippen LogP contribution in [0.4, 0.5) is 15.9 Å². The summed E-state index contributed by atoms with van der Waals surface area (Å²) in [7, 11) is 0. The second-order valence-electron chi connectivity index (χ2n) is 5.67. The van der Waals surface area contributed by atoms with Crippen LogP contribution in [0.25, 0.3) is 21.7 Å². The lowest BCUT2D eigenvalue weighted by Crippen LogP contribution is -1.99. The molecule has 2 aromatic heterocycles. The predicted octanol–water partition coefficient (Wildman–Crippen LogP) is 5.44. The average molecular weight is 404 g/mol. The summed E-state index contributed by atoms with van der Waals surface area (Å²) >= 11 is 5.84. The number of carbonyl (C=O) groups is 1. The van der Waals surface area contributed by atoms with E-state index in [1.807, 2.05) is 0 Å². The van der Waals surface area contributed by atoms with Crippen LogP contribution in [0.15, 0.2) is 54.9 Å². The fourth-order valence-electron chi connectivity index (χ4n) is 2.79. The largest absolute Gasteiger partial charge is 0.478 e. The number of anilines is 2. The van der Waals surface area contributed by atoms with Crippen LogP contribution in [0.2, 0.25) is 5.02 Å². The number of fused-ring (bicyclic) bond motifs is 3. The standard InChI is InChI=1S/C19H11ClFN3O2.ClH/c20-15-8-11(2-4-16(15)21)23-18-13-5-6-22-9-14(13)12-3-1-10(19(25)26)7-17(12)24-18;/h1-9H,(H,23,24)(H,25,26);1H. The zero-order chi connectivity index (χ0) is 18.3. The van der Waals surface area contributed by atoms with Crippen molar-refractivity contribution in [3.05, 3.63) is 71.3 Å². The highest BCUT2D eigenvalue weighted by atomic mass is 35.5. The number of nitrogens with one attached hydrogen (secondary N) is 1. The number of pyridine rings is 2. The Morgan fingerprint density at radius 3 is 2.63 bits per heavy atom. The van der Waals surface area contributed by atoms with Gasteiger partial charge in [-0.3, -0.25) is 4.98 Å². The van der Waals surface area contributed by atoms with Crippen molar-refractivity contribution in [3.8, 4) is 0 Å². The van der Waals surface area contributed by atoms with Crippen LogP contribution in [0.1, 0.15) is 10.4 Å². The van der Waals surface area contributed by atoms with Gasteiger partial charge in [0.1, 0.15) is 11.6 Å². The number of hydrogen-bond acceptors (Lipinski definition) is 4. The average Bonchev–Trinajstić information content (AvgIpc) is 2.64. The van der Waals surface area contributed by atoms with E-state index >= 15 is 0 Å². The van der Waals surface area contributed by atoms with Gasteiger partial charge in [0.2, 0.25) is 0 Å². The highest BCUT2D eigenvalue weighted by Gasteiger charge is 2.12. The lowest BCUT2D eigenvalue weighted by atomic mass is 10.1. The summed E-state index contributed by atoms with van der Waals surface area (Å²) in [5, 5.41) is 14.7. The van der Waals surface area contributed by atoms with Gasteiger partial charge in [-0.25, -0.2) is 14.2 Å². The third-order valence-corrected chi connectivity index (χ3v) is 4.32. The molecule has 4 aromatic rings. The Morgan fingerprint density at radius 1 is 1.07 bits per heavy atom. The van der Waals surface area contributed by atoms with Crippen LogP contribution in [-0.2, 0) is 0 Å². The summed E-state index contributed by atoms with van der Waals surface area (Å²) in [4.78, 5) is 20.0. The molecule has 136 valence electrons. The summed E-state index contributed by atoms with van der Waals surface area (Å²) in [6.07, 6.45) is 3.34. The molecule has 0 aliphatic heterocycles. The van der Waals surface area contributed by atoms with Crippen LogP contribution >= 0.6 is 24.0 Å². The molecule has 2 N–H and O–H groups in total. The van der Waals surface area contributed by atoms with Crippen molar-refractivity contribution in [2.45, 2.75) is 0 Å². The van der Waals surface area contributed by atoms with Crippen LogP contribution in [-0.4, -0.2) is 21.0 Å². The van der Waals surface area contributed by atoms with E-state index in [0.717, 1.165) is 16.2 Å². The minimum absolute atomic E-state index is 0. The molecule has 0 radical (unpaired) electrons. The highest BCUT2D eigenvalue weighted by Crippen LogP contribution is 2.31. The molecule has 0 fully saturated rings. The lowest BCUT2D eigenvalue weighted by Gasteiger charge is -2.12. The Labute approximate surface area is 164 Å². The molecule has 0 bridgehead atoms. The lowest BCUT2D eigenvalue weighted by molar-refractivity contribution is 0.0697. The number of carboxylic acid groups (broad SMARTS) is 1. The number of carboxylic acids is 1. The number of rotatable bonds is 3. The first-order valence-electron chi connectivity index (χ1n) is 7.66. The number of hydrogen-bond donors (Lipinski definition) is 2. The summed E-state index contributed by atoms with van der Waals surface area (Å²) in [6, 6.07) is 10.8. The number of benzene rings is 2. The van der Waals surface area contributed by atoms with E-state index in [2.05, 4.69) is 15.3 Å². The van der Waals surface area contributed by atoms with Crippen LogP contribution in [0.5, 0.6) is 0 Å². The molecule has 0 spiro atoms. The van der Waals surface area contributed by atoms with Crippen LogP contribution in [0, 0.1) is 5.82 Å². The summed E-state index contributed by atoms with van der Waals surface area (Å²) in [5.74, 6) is -1.04. The van der Waals surface area contributed by atoms with Gasteiger partial charge < -0.3 is 10.4 Å². The third kappa shape index (κ3) is 3.49. The third-order valence-electron chi connectivity index (χ3n) is 4.03. The maximum atomic E-state index is 13.4. The first-order valence-corrected chi connectivity index (χ1v) is 8.03. The highest BCUT2D eigenvalue weighted by molar-refractivity contribution is 6.31. The quantitative estimate of drug-likeness (QED) is 0.445. The first kappa shape index (κ1) is 18.8. The van der Waals surface area contributed by atoms with E-state index in [9.17, 15) is 14.3 Å². The summed E-state index contributed by atoms with van der Waals surface area (Å²) in [6.45, 7) is 0. The van der Waals surface area contributed by atoms with Gasteiger partial charge in [0.25, 0.3) is 0 Å². The van der Waals surface area contributed by atoms with Gasteiger partial charge in [-0.05, 0) is 36.4 Å². The second-order valence-corrected chi connectivity index (χ2v) is 6.08. The summed E-state index contributed by atoms with van der Waals surface area (Å²) < 4.78 is 13.4. The maximum absolute atomic E-state index is 13.4. The van der Waals surface area contributed by atoms with E-state index in [-0.39, 0.29) is 23.0 Å². The molecule has 8 heteroatoms. The molecular weight excluding hydrogens is 392 g/mol. The van der Waals surface area contributed by atoms with Crippen molar-refractivity contribution in [3.63, 3.8) is 0 Å². The molecular formula is C19H12Cl2FN3O2. The predicted molar refractivity (Wildman–Crippen MR) is 106 cm³/mol. The minimum Gasteiger partial charge on any atom is -0.478 e. The molecule has 0 saturated carbocycles. The summed E-state index contributed by atoms with van der Waals surface area (Å²) in [5.41, 5.74) is 1.22. The van der Waals surface area contributed by atoms with E-state index < -0.39 is 11.8 Å². The second kappa shape index (κ2) is 7.34. The fourth-order valence-corrected chi connectivity index (χ4v) is 2.97. The van der Waals surface area contributed by atoms with Gasteiger partial charge in [-0.2, -0.15) is 0 Å². The Bertz CT molecular complexity index is 1180. The van der Waals surface area contributed by atoms with Crippen molar-refractivity contribution in [1.82, 2.24) is 9.97 Å². The molecule has 0 aliphatic carbocycles. The van der Waals surface area contributed by atoms with Crippen molar-refractivity contribution >= 4 is 63.2 Å². The van der Waals surface area contributed by atoms with Gasteiger partial charge in [0.15, 0.2) is 0 Å². The zero-order valence-electron chi connectivity index (χ0n) is 13.6. The van der Waals surface area contributed by atoms with Crippen molar-refractivity contribution in [1.29, 1.82) is 0 Å². The van der Waals surface area contributed by atoms with Crippen molar-refractivity contribution < 1.29 is 14.3 Å². The van der Waals surface area contributed by atoms with Crippen molar-refractivity contribution in [2.24, 2.45) is 0 Å². The maximum Gasteiger partial charge on any atom is 0.335 e. The number of nitrogens with zero attached hydrogens (tertiary/aromatic N) is 2. The molecule has 4 rings (SSSR count). The first-order chi connectivity index (χ1) is 12.5. The van der Waals surface area contributed by atoms with Crippen LogP contribution < -0.4 is 5.32 Å². The van der Waals surface area contributed by atoms with Gasteiger partial charge >= 0.3 is 5.97 Å². The number of halogens is 3. The topological polar surface area (TPSA) is 75.1 Å². The Morgan fingerprint density at radius 2 is 1.89 bits per heavy atom. The molecule has 0 saturated heterocycles. The minimum atomic E-state index is -1.03. The van der Waals surface area contributed by atoms with Crippen LogP contribution in [0.3, 0.4) is 0 Å². The van der Waals surface area contributed by atoms with Gasteiger partial charge in [0, 0.05) is 34.2 Å². The normalized spacial score (nSPS) is 10.6. The molecule has 5 nitrogen and oxygen atoms in total. The smallest absolute Gasteiger partial charge is 0.335 e. The van der Waals surface area contributed by atoms with Gasteiger partial charge in [-0.15, -0.1) is 12.4 Å². The van der Waals surface area contributed by atoms with Gasteiger partial charge in [0.05, 0.1) is 16.1 Å². The number of aromatic nitrogens is 2. The van der Waals surface area contributed by atoms with E-state index in [0.29, 0.717) is 17.0 Å². The van der Waals surface area contributed by atoms with Crippen molar-refractivity contribution in [2.75, 3.05) is 5.32 Å². The molecule has 0 atom stereocenters. The number of aromatic carboxylic acids is 1. The fraction of sp³-hybridized carbons (Fsp3) is 0. The van der Waals surface area contributed by atoms with E-state index in [1.165, 1.54) is 24.3 Å². The molecule has 2 heterocycles. The van der Waals surface area contributed by atoms with E-state index in [1.54, 1.807) is 30.6 Å². The Balaban J connectivity index is 0.00000210. The SMILES string of the molecule is Cl.O=C(O)c1ccc2c(c1)nc(Nc1ccc(F)c(Cl)c1)c1ccncc12. The molecule has 27 heavy (non-hydrogen) atoms. The molecule has 2 aromatic carbocycles. The monoisotopic (exact) mass is 403 g/mol. The Kier molecular flexibility index (Phi) is 5.12. The molecule has 0 unspecified atom stereocenters. The van der Waals surface area contributed by atoms with Gasteiger partial charge in [-0.1, -0.05) is 17.7 Å².